The Hall–Kier alpha value is -2.56. The molecule has 21 heavy (non-hydrogen) atoms. The van der Waals surface area contributed by atoms with Gasteiger partial charge in [0.15, 0.2) is 0 Å². The van der Waals surface area contributed by atoms with Gasteiger partial charge in [-0.15, -0.1) is 0 Å². The summed E-state index contributed by atoms with van der Waals surface area (Å²) in [4.78, 5) is 4.20. The molecule has 106 valence electrons. The molecule has 0 atom stereocenters. The molecule has 3 rings (SSSR count). The number of nitrogens with zero attached hydrogens (tertiary/aromatic N) is 1. The highest BCUT2D eigenvalue weighted by atomic mass is 19.4. The minimum Gasteiger partial charge on any atom is -0.507 e. The van der Waals surface area contributed by atoms with Crippen LogP contribution in [0.1, 0.15) is 5.56 Å². The van der Waals surface area contributed by atoms with Crippen LogP contribution in [-0.2, 0) is 6.18 Å². The van der Waals surface area contributed by atoms with E-state index in [2.05, 4.69) is 4.98 Å². The second-order valence-electron chi connectivity index (χ2n) is 4.61. The van der Waals surface area contributed by atoms with Crippen molar-refractivity contribution in [2.75, 3.05) is 0 Å². The molecular formula is C16H10F3NO. The molecule has 2 nitrogen and oxygen atoms in total. The average molecular weight is 289 g/mol. The number of alkyl halides is 3. The van der Waals surface area contributed by atoms with Gasteiger partial charge in [0.25, 0.3) is 0 Å². The monoisotopic (exact) mass is 289 g/mol. The lowest BCUT2D eigenvalue weighted by molar-refractivity contribution is -0.137. The van der Waals surface area contributed by atoms with E-state index >= 15 is 0 Å². The van der Waals surface area contributed by atoms with E-state index in [1.807, 2.05) is 12.1 Å². The first-order valence-corrected chi connectivity index (χ1v) is 6.21. The van der Waals surface area contributed by atoms with Crippen molar-refractivity contribution in [1.82, 2.24) is 4.98 Å². The number of phenols is 1. The molecular weight excluding hydrogens is 279 g/mol. The number of benzene rings is 2. The summed E-state index contributed by atoms with van der Waals surface area (Å²) < 4.78 is 38.5. The lowest BCUT2D eigenvalue weighted by Crippen LogP contribution is -2.04. The van der Waals surface area contributed by atoms with Crippen LogP contribution in [0.25, 0.3) is 22.0 Å². The van der Waals surface area contributed by atoms with Crippen LogP contribution >= 0.6 is 0 Å². The van der Waals surface area contributed by atoms with Gasteiger partial charge in [-0.05, 0) is 24.3 Å². The molecule has 1 heterocycles. The molecule has 0 radical (unpaired) electrons. The van der Waals surface area contributed by atoms with Gasteiger partial charge in [0.1, 0.15) is 5.75 Å². The summed E-state index contributed by atoms with van der Waals surface area (Å²) in [6.45, 7) is 0. The maximum Gasteiger partial charge on any atom is 0.416 e. The van der Waals surface area contributed by atoms with E-state index in [1.54, 1.807) is 24.4 Å². The van der Waals surface area contributed by atoms with Crippen LogP contribution in [0.5, 0.6) is 5.75 Å². The molecule has 0 amide bonds. The molecule has 0 aliphatic rings. The molecule has 0 aliphatic carbocycles. The van der Waals surface area contributed by atoms with Crippen LogP contribution in [0.15, 0.2) is 54.7 Å². The van der Waals surface area contributed by atoms with Gasteiger partial charge in [0, 0.05) is 22.7 Å². The number of hydrogen-bond donors (Lipinski definition) is 1. The Kier molecular flexibility index (Phi) is 3.05. The zero-order valence-corrected chi connectivity index (χ0v) is 10.7. The Morgan fingerprint density at radius 2 is 1.67 bits per heavy atom. The van der Waals surface area contributed by atoms with Crippen molar-refractivity contribution in [3.8, 4) is 16.9 Å². The number of hydrogen-bond acceptors (Lipinski definition) is 2. The fourth-order valence-electron chi connectivity index (χ4n) is 2.25. The summed E-state index contributed by atoms with van der Waals surface area (Å²) >= 11 is 0. The van der Waals surface area contributed by atoms with Gasteiger partial charge in [-0.25, -0.2) is 0 Å². The first-order chi connectivity index (χ1) is 9.97. The second kappa shape index (κ2) is 4.77. The Labute approximate surface area is 118 Å². The molecule has 0 saturated heterocycles. The normalized spacial score (nSPS) is 11.8. The summed E-state index contributed by atoms with van der Waals surface area (Å²) in [5.74, 6) is -0.207. The van der Waals surface area contributed by atoms with Crippen LogP contribution in [-0.4, -0.2) is 10.1 Å². The van der Waals surface area contributed by atoms with Gasteiger partial charge in [-0.2, -0.15) is 13.2 Å². The van der Waals surface area contributed by atoms with Crippen LogP contribution in [0, 0.1) is 0 Å². The minimum absolute atomic E-state index is 0.120. The van der Waals surface area contributed by atoms with Crippen molar-refractivity contribution in [3.63, 3.8) is 0 Å². The molecule has 0 fully saturated rings. The summed E-state index contributed by atoms with van der Waals surface area (Å²) in [6.07, 6.45) is -2.89. The van der Waals surface area contributed by atoms with Crippen LogP contribution in [0.4, 0.5) is 13.2 Å². The number of pyridine rings is 1. The molecule has 1 aromatic heterocycles. The zero-order valence-electron chi connectivity index (χ0n) is 10.7. The lowest BCUT2D eigenvalue weighted by Gasteiger charge is -2.12. The van der Waals surface area contributed by atoms with Crippen molar-refractivity contribution < 1.29 is 18.3 Å². The number of phenolic OH excluding ortho intramolecular Hbond substituents is 1. The Morgan fingerprint density at radius 3 is 2.43 bits per heavy atom. The number of halogens is 3. The molecule has 0 bridgehead atoms. The van der Waals surface area contributed by atoms with Crippen molar-refractivity contribution in [1.29, 1.82) is 0 Å². The van der Waals surface area contributed by atoms with Gasteiger partial charge < -0.3 is 5.11 Å². The quantitative estimate of drug-likeness (QED) is 0.708. The number of para-hydroxylation sites is 1. The van der Waals surface area contributed by atoms with Crippen LogP contribution in [0.3, 0.4) is 0 Å². The molecule has 5 heteroatoms. The second-order valence-corrected chi connectivity index (χ2v) is 4.61. The van der Waals surface area contributed by atoms with Crippen molar-refractivity contribution in [2.24, 2.45) is 0 Å². The van der Waals surface area contributed by atoms with Gasteiger partial charge in [-0.1, -0.05) is 24.3 Å². The van der Waals surface area contributed by atoms with Gasteiger partial charge in [0.05, 0.1) is 11.1 Å². The minimum atomic E-state index is -4.46. The Balaban J connectivity index is 2.28. The molecule has 0 aliphatic heterocycles. The van der Waals surface area contributed by atoms with E-state index in [9.17, 15) is 18.3 Å². The zero-order chi connectivity index (χ0) is 15.0. The van der Waals surface area contributed by atoms with Crippen molar-refractivity contribution in [3.05, 3.63) is 60.3 Å². The van der Waals surface area contributed by atoms with Crippen molar-refractivity contribution >= 4 is 10.9 Å². The molecule has 0 saturated carbocycles. The van der Waals surface area contributed by atoms with E-state index in [0.717, 1.165) is 23.6 Å². The molecule has 0 unspecified atom stereocenters. The largest absolute Gasteiger partial charge is 0.507 e. The van der Waals surface area contributed by atoms with Gasteiger partial charge in [-0.3, -0.25) is 4.98 Å². The summed E-state index contributed by atoms with van der Waals surface area (Å²) in [7, 11) is 0. The van der Waals surface area contributed by atoms with Crippen LogP contribution in [0.2, 0.25) is 0 Å². The van der Waals surface area contributed by atoms with Gasteiger partial charge >= 0.3 is 6.18 Å². The highest BCUT2D eigenvalue weighted by Gasteiger charge is 2.31. The Morgan fingerprint density at radius 1 is 0.905 bits per heavy atom. The fourth-order valence-corrected chi connectivity index (χ4v) is 2.25. The molecule has 2 aromatic carbocycles. The summed E-state index contributed by atoms with van der Waals surface area (Å²) in [5.41, 5.74) is 0.337. The molecule has 0 spiro atoms. The van der Waals surface area contributed by atoms with E-state index in [4.69, 9.17) is 0 Å². The van der Waals surface area contributed by atoms with Crippen LogP contribution < -0.4 is 0 Å². The van der Waals surface area contributed by atoms with Gasteiger partial charge in [0.2, 0.25) is 0 Å². The number of aromatic nitrogens is 1. The number of aromatic hydroxyl groups is 1. The average Bonchev–Trinajstić information content (AvgIpc) is 2.46. The first kappa shape index (κ1) is 13.4. The smallest absolute Gasteiger partial charge is 0.416 e. The predicted molar refractivity (Wildman–Crippen MR) is 73.8 cm³/mol. The lowest BCUT2D eigenvalue weighted by atomic mass is 9.99. The summed E-state index contributed by atoms with van der Waals surface area (Å²) in [5, 5.41) is 10.7. The fraction of sp³-hybridized carbons (Fsp3) is 0.0625. The van der Waals surface area contributed by atoms with E-state index in [1.165, 1.54) is 0 Å². The van der Waals surface area contributed by atoms with E-state index in [0.29, 0.717) is 11.1 Å². The van der Waals surface area contributed by atoms with E-state index < -0.39 is 11.7 Å². The topological polar surface area (TPSA) is 33.1 Å². The maximum absolute atomic E-state index is 12.8. The third kappa shape index (κ3) is 2.42. The highest BCUT2D eigenvalue weighted by molar-refractivity contribution is 5.95. The number of fused-ring (bicyclic) bond motifs is 1. The number of rotatable bonds is 1. The maximum atomic E-state index is 12.8. The first-order valence-electron chi connectivity index (χ1n) is 6.21. The third-order valence-electron chi connectivity index (χ3n) is 3.25. The molecule has 1 N–H and O–H groups in total. The van der Waals surface area contributed by atoms with Crippen molar-refractivity contribution in [2.45, 2.75) is 6.18 Å². The highest BCUT2D eigenvalue weighted by Crippen LogP contribution is 2.38. The van der Waals surface area contributed by atoms with E-state index in [-0.39, 0.29) is 11.3 Å². The molecule has 3 aromatic rings. The Bertz CT molecular complexity index is 807. The predicted octanol–water partition coefficient (Wildman–Crippen LogP) is 4.63. The third-order valence-corrected chi connectivity index (χ3v) is 3.25. The SMILES string of the molecule is Oc1ccc(C(F)(F)F)cc1-c1cccc2cccnc12. The summed E-state index contributed by atoms with van der Waals surface area (Å²) in [6, 6.07) is 11.6. The standard InChI is InChI=1S/C16H10F3NO/c17-16(18,19)11-6-7-14(21)13(9-11)12-5-1-3-10-4-2-8-20-15(10)12/h1-9,21H.